The lowest BCUT2D eigenvalue weighted by Gasteiger charge is -2.43. The fourth-order valence-corrected chi connectivity index (χ4v) is 4.71. The Labute approximate surface area is 153 Å². The second kappa shape index (κ2) is 6.52. The number of carbonyl (C=O) groups excluding carboxylic acids is 1. The topological polar surface area (TPSA) is 75.3 Å². The van der Waals surface area contributed by atoms with Crippen LogP contribution in [0.15, 0.2) is 59.5 Å². The van der Waals surface area contributed by atoms with Crippen LogP contribution in [0.5, 0.6) is 0 Å². The molecule has 26 heavy (non-hydrogen) atoms. The minimum absolute atomic E-state index is 0.0359. The molecule has 6 heteroatoms. The SMILES string of the molecule is O=C(NC1(c2ccccc2)CCC1)c1cccc(S(=O)(=O)NC2CC2)c1. The fraction of sp³-hybridized carbons (Fsp3) is 0.350. The van der Waals surface area contributed by atoms with E-state index in [1.54, 1.807) is 12.1 Å². The van der Waals surface area contributed by atoms with Gasteiger partial charge in [0.15, 0.2) is 0 Å². The van der Waals surface area contributed by atoms with Gasteiger partial charge in [-0.05, 0) is 55.9 Å². The van der Waals surface area contributed by atoms with Gasteiger partial charge in [0.2, 0.25) is 10.0 Å². The molecule has 0 unspecified atom stereocenters. The van der Waals surface area contributed by atoms with Crippen molar-refractivity contribution < 1.29 is 13.2 Å². The van der Waals surface area contributed by atoms with Gasteiger partial charge in [0.25, 0.3) is 5.91 Å². The average Bonchev–Trinajstić information content (AvgIpc) is 3.42. The molecule has 2 aliphatic rings. The molecule has 5 nitrogen and oxygen atoms in total. The smallest absolute Gasteiger partial charge is 0.252 e. The Morgan fingerprint density at radius 1 is 1.00 bits per heavy atom. The predicted molar refractivity (Wildman–Crippen MR) is 99.2 cm³/mol. The van der Waals surface area contributed by atoms with Crippen LogP contribution in [0.3, 0.4) is 0 Å². The minimum atomic E-state index is -3.57. The summed E-state index contributed by atoms with van der Waals surface area (Å²) in [7, 11) is -3.57. The van der Waals surface area contributed by atoms with E-state index in [0.717, 1.165) is 37.7 Å². The molecule has 2 aliphatic carbocycles. The van der Waals surface area contributed by atoms with Crippen LogP contribution in [0.1, 0.15) is 48.0 Å². The third-order valence-corrected chi connectivity index (χ3v) is 6.71. The molecule has 2 aromatic rings. The van der Waals surface area contributed by atoms with Crippen LogP contribution in [0, 0.1) is 0 Å². The van der Waals surface area contributed by atoms with Crippen molar-refractivity contribution in [2.24, 2.45) is 0 Å². The Morgan fingerprint density at radius 3 is 2.35 bits per heavy atom. The number of amides is 1. The first-order valence-corrected chi connectivity index (χ1v) is 10.5. The minimum Gasteiger partial charge on any atom is -0.343 e. The van der Waals surface area contributed by atoms with Crippen LogP contribution < -0.4 is 10.0 Å². The van der Waals surface area contributed by atoms with Crippen molar-refractivity contribution in [1.29, 1.82) is 0 Å². The van der Waals surface area contributed by atoms with Crippen LogP contribution >= 0.6 is 0 Å². The number of rotatable bonds is 6. The number of carbonyl (C=O) groups is 1. The number of nitrogens with one attached hydrogen (secondary N) is 2. The summed E-state index contributed by atoms with van der Waals surface area (Å²) in [5.74, 6) is -0.239. The average molecular weight is 370 g/mol. The molecule has 0 radical (unpaired) electrons. The largest absolute Gasteiger partial charge is 0.343 e. The fourth-order valence-electron chi connectivity index (χ4n) is 3.36. The lowest BCUT2D eigenvalue weighted by Crippen LogP contribution is -2.50. The Bertz CT molecular complexity index is 917. The zero-order chi connectivity index (χ0) is 18.2. The van der Waals surface area contributed by atoms with Crippen molar-refractivity contribution in [1.82, 2.24) is 10.0 Å². The molecular formula is C20H22N2O3S. The van der Waals surface area contributed by atoms with Crippen LogP contribution in [0.4, 0.5) is 0 Å². The van der Waals surface area contributed by atoms with Crippen molar-refractivity contribution in [3.8, 4) is 0 Å². The van der Waals surface area contributed by atoms with E-state index in [1.807, 2.05) is 30.3 Å². The molecule has 0 aliphatic heterocycles. The van der Waals surface area contributed by atoms with Gasteiger partial charge in [0.1, 0.15) is 0 Å². The molecule has 0 atom stereocenters. The van der Waals surface area contributed by atoms with Crippen LogP contribution in [0.25, 0.3) is 0 Å². The highest BCUT2D eigenvalue weighted by Crippen LogP contribution is 2.41. The number of hydrogen-bond acceptors (Lipinski definition) is 3. The van der Waals surface area contributed by atoms with Gasteiger partial charge >= 0.3 is 0 Å². The van der Waals surface area contributed by atoms with Crippen LogP contribution in [0.2, 0.25) is 0 Å². The van der Waals surface area contributed by atoms with E-state index >= 15 is 0 Å². The molecule has 2 aromatic carbocycles. The Hall–Kier alpha value is -2.18. The van der Waals surface area contributed by atoms with Crippen molar-refractivity contribution >= 4 is 15.9 Å². The molecule has 1 amide bonds. The second-order valence-corrected chi connectivity index (χ2v) is 8.89. The number of sulfonamides is 1. The van der Waals surface area contributed by atoms with E-state index in [-0.39, 0.29) is 22.4 Å². The lowest BCUT2D eigenvalue weighted by atomic mass is 9.71. The molecule has 4 rings (SSSR count). The van der Waals surface area contributed by atoms with Gasteiger partial charge in [-0.2, -0.15) is 0 Å². The van der Waals surface area contributed by atoms with Gasteiger partial charge in [0.05, 0.1) is 10.4 Å². The highest BCUT2D eigenvalue weighted by atomic mass is 32.2. The zero-order valence-corrected chi connectivity index (χ0v) is 15.3. The molecule has 2 saturated carbocycles. The summed E-state index contributed by atoms with van der Waals surface area (Å²) in [6, 6.07) is 16.2. The maximum Gasteiger partial charge on any atom is 0.252 e. The summed E-state index contributed by atoms with van der Waals surface area (Å²) >= 11 is 0. The van der Waals surface area contributed by atoms with E-state index in [1.165, 1.54) is 12.1 Å². The third-order valence-electron chi connectivity index (χ3n) is 5.19. The Kier molecular flexibility index (Phi) is 4.32. The molecule has 136 valence electrons. The molecule has 0 bridgehead atoms. The molecular weight excluding hydrogens is 348 g/mol. The van der Waals surface area contributed by atoms with Crippen LogP contribution in [-0.2, 0) is 15.6 Å². The molecule has 0 saturated heterocycles. The first-order valence-electron chi connectivity index (χ1n) is 8.99. The van der Waals surface area contributed by atoms with Crippen LogP contribution in [-0.4, -0.2) is 20.4 Å². The van der Waals surface area contributed by atoms with Gasteiger partial charge in [-0.1, -0.05) is 36.4 Å². The summed E-state index contributed by atoms with van der Waals surface area (Å²) < 4.78 is 27.4. The normalized spacial score (nSPS) is 18.8. The third kappa shape index (κ3) is 3.39. The summed E-state index contributed by atoms with van der Waals surface area (Å²) in [6.45, 7) is 0. The zero-order valence-electron chi connectivity index (χ0n) is 14.4. The molecule has 0 spiro atoms. The maximum absolute atomic E-state index is 12.8. The summed E-state index contributed by atoms with van der Waals surface area (Å²) in [5.41, 5.74) is 1.11. The van der Waals surface area contributed by atoms with Gasteiger partial charge in [-0.3, -0.25) is 4.79 Å². The van der Waals surface area contributed by atoms with E-state index < -0.39 is 10.0 Å². The standard InChI is InChI=1S/C20H22N2O3S/c23-19(21-20(12-5-13-20)16-7-2-1-3-8-16)15-6-4-9-18(14-15)26(24,25)22-17-10-11-17/h1-4,6-9,14,17,22H,5,10-13H2,(H,21,23). The predicted octanol–water partition coefficient (Wildman–Crippen LogP) is 2.94. The second-order valence-electron chi connectivity index (χ2n) is 7.18. The molecule has 0 heterocycles. The van der Waals surface area contributed by atoms with E-state index in [2.05, 4.69) is 10.0 Å². The molecule has 2 N–H and O–H groups in total. The monoisotopic (exact) mass is 370 g/mol. The molecule has 2 fully saturated rings. The van der Waals surface area contributed by atoms with Gasteiger partial charge < -0.3 is 5.32 Å². The van der Waals surface area contributed by atoms with Crippen molar-refractivity contribution in [3.63, 3.8) is 0 Å². The van der Waals surface area contributed by atoms with E-state index in [0.29, 0.717) is 5.56 Å². The number of benzene rings is 2. The maximum atomic E-state index is 12.8. The lowest BCUT2D eigenvalue weighted by molar-refractivity contribution is 0.0823. The van der Waals surface area contributed by atoms with E-state index in [4.69, 9.17) is 0 Å². The van der Waals surface area contributed by atoms with Crippen molar-refractivity contribution in [3.05, 3.63) is 65.7 Å². The highest BCUT2D eigenvalue weighted by molar-refractivity contribution is 7.89. The van der Waals surface area contributed by atoms with Gasteiger partial charge in [-0.15, -0.1) is 0 Å². The van der Waals surface area contributed by atoms with E-state index in [9.17, 15) is 13.2 Å². The summed E-state index contributed by atoms with van der Waals surface area (Å²) in [6.07, 6.45) is 4.60. The number of hydrogen-bond donors (Lipinski definition) is 2. The summed E-state index contributed by atoms with van der Waals surface area (Å²) in [4.78, 5) is 13.0. The quantitative estimate of drug-likeness (QED) is 0.821. The highest BCUT2D eigenvalue weighted by Gasteiger charge is 2.40. The molecule has 0 aromatic heterocycles. The Balaban J connectivity index is 1.56. The van der Waals surface area contributed by atoms with Crippen molar-refractivity contribution in [2.75, 3.05) is 0 Å². The van der Waals surface area contributed by atoms with Gasteiger partial charge in [0, 0.05) is 11.6 Å². The first kappa shape index (κ1) is 17.2. The van der Waals surface area contributed by atoms with Crippen molar-refractivity contribution in [2.45, 2.75) is 48.6 Å². The Morgan fingerprint density at radius 2 is 1.73 bits per heavy atom. The summed E-state index contributed by atoms with van der Waals surface area (Å²) in [5, 5.41) is 3.14. The van der Waals surface area contributed by atoms with Gasteiger partial charge in [-0.25, -0.2) is 13.1 Å². The first-order chi connectivity index (χ1) is 12.5.